The molecule has 0 aromatic heterocycles. The summed E-state index contributed by atoms with van der Waals surface area (Å²) in [5.74, 6) is -1.05. The lowest BCUT2D eigenvalue weighted by molar-refractivity contribution is 0.0572. The highest BCUT2D eigenvalue weighted by Gasteiger charge is 2.33. The predicted octanol–water partition coefficient (Wildman–Crippen LogP) is 0.312. The van der Waals surface area contributed by atoms with Crippen molar-refractivity contribution in [1.82, 2.24) is 4.90 Å². The number of benzene rings is 1. The van der Waals surface area contributed by atoms with E-state index in [1.807, 2.05) is 0 Å². The van der Waals surface area contributed by atoms with Crippen LogP contribution in [0, 0.1) is 12.7 Å². The van der Waals surface area contributed by atoms with Gasteiger partial charge < -0.3 is 15.1 Å². The van der Waals surface area contributed by atoms with E-state index in [0.29, 0.717) is 5.56 Å². The van der Waals surface area contributed by atoms with Crippen LogP contribution in [-0.2, 0) is 0 Å². The van der Waals surface area contributed by atoms with Gasteiger partial charge in [-0.25, -0.2) is 4.39 Å². The third kappa shape index (κ3) is 2.16. The van der Waals surface area contributed by atoms with E-state index >= 15 is 0 Å². The summed E-state index contributed by atoms with van der Waals surface area (Å²) in [5.41, 5.74) is 0.377. The van der Waals surface area contributed by atoms with E-state index in [2.05, 4.69) is 0 Å². The van der Waals surface area contributed by atoms with Crippen LogP contribution in [0.2, 0.25) is 0 Å². The molecule has 2 rings (SSSR count). The second-order valence-corrected chi connectivity index (χ2v) is 4.28. The van der Waals surface area contributed by atoms with Gasteiger partial charge in [0.05, 0.1) is 17.8 Å². The van der Waals surface area contributed by atoms with Gasteiger partial charge >= 0.3 is 0 Å². The van der Waals surface area contributed by atoms with Crippen molar-refractivity contribution < 1.29 is 19.4 Å². The maximum atomic E-state index is 13.7. The molecule has 0 unspecified atom stereocenters. The standard InChI is InChI=1S/C12H14FNO3/c1-7-3-2-4-8(11(7)13)12(17)14-5-9(15)10(16)6-14/h2-4,9-10,15-16H,5-6H2,1H3/t9-,10+. The zero-order valence-electron chi connectivity index (χ0n) is 9.43. The van der Waals surface area contributed by atoms with Crippen LogP contribution in [0.25, 0.3) is 0 Å². The summed E-state index contributed by atoms with van der Waals surface area (Å²) < 4.78 is 13.7. The maximum Gasteiger partial charge on any atom is 0.257 e. The highest BCUT2D eigenvalue weighted by atomic mass is 19.1. The number of aliphatic hydroxyl groups is 2. The molecule has 1 aliphatic heterocycles. The molecular weight excluding hydrogens is 225 g/mol. The van der Waals surface area contributed by atoms with E-state index < -0.39 is 23.9 Å². The Kier molecular flexibility index (Phi) is 3.13. The van der Waals surface area contributed by atoms with Crippen molar-refractivity contribution in [2.75, 3.05) is 13.1 Å². The van der Waals surface area contributed by atoms with Crippen molar-refractivity contribution in [1.29, 1.82) is 0 Å². The molecule has 4 nitrogen and oxygen atoms in total. The van der Waals surface area contributed by atoms with Crippen LogP contribution >= 0.6 is 0 Å². The number of hydrogen-bond donors (Lipinski definition) is 2. The summed E-state index contributed by atoms with van der Waals surface area (Å²) in [6.45, 7) is 1.65. The zero-order valence-corrected chi connectivity index (χ0v) is 9.43. The Labute approximate surface area is 98.3 Å². The molecule has 1 heterocycles. The summed E-state index contributed by atoms with van der Waals surface area (Å²) in [6.07, 6.45) is -1.90. The number of likely N-dealkylation sites (tertiary alicyclic amines) is 1. The molecule has 5 heteroatoms. The summed E-state index contributed by atoms with van der Waals surface area (Å²) in [7, 11) is 0. The summed E-state index contributed by atoms with van der Waals surface area (Å²) in [5, 5.41) is 18.7. The fourth-order valence-corrected chi connectivity index (χ4v) is 1.92. The van der Waals surface area contributed by atoms with Crippen LogP contribution in [0.3, 0.4) is 0 Å². The smallest absolute Gasteiger partial charge is 0.257 e. The number of aliphatic hydroxyl groups excluding tert-OH is 2. The summed E-state index contributed by atoms with van der Waals surface area (Å²) in [6, 6.07) is 4.59. The number of nitrogens with zero attached hydrogens (tertiary/aromatic N) is 1. The highest BCUT2D eigenvalue weighted by Crippen LogP contribution is 2.18. The van der Waals surface area contributed by atoms with Crippen molar-refractivity contribution in [3.63, 3.8) is 0 Å². The van der Waals surface area contributed by atoms with E-state index in [1.165, 1.54) is 11.0 Å². The minimum Gasteiger partial charge on any atom is -0.388 e. The zero-order chi connectivity index (χ0) is 12.6. The van der Waals surface area contributed by atoms with Gasteiger partial charge in [0.15, 0.2) is 0 Å². The molecule has 17 heavy (non-hydrogen) atoms. The summed E-state index contributed by atoms with van der Waals surface area (Å²) in [4.78, 5) is 13.2. The molecule has 1 amide bonds. The SMILES string of the molecule is Cc1cccc(C(=O)N2C[C@@H](O)[C@@H](O)C2)c1F. The second kappa shape index (κ2) is 4.43. The Hall–Kier alpha value is -1.46. The predicted molar refractivity (Wildman–Crippen MR) is 59.1 cm³/mol. The molecule has 0 spiro atoms. The molecule has 0 aliphatic carbocycles. The van der Waals surface area contributed by atoms with Crippen LogP contribution in [0.1, 0.15) is 15.9 Å². The van der Waals surface area contributed by atoms with E-state index in [9.17, 15) is 19.4 Å². The van der Waals surface area contributed by atoms with Gasteiger partial charge in [-0.15, -0.1) is 0 Å². The molecule has 0 radical (unpaired) electrons. The normalized spacial score (nSPS) is 24.1. The first kappa shape index (κ1) is 12.0. The Morgan fingerprint density at radius 2 is 1.94 bits per heavy atom. The molecule has 0 bridgehead atoms. The monoisotopic (exact) mass is 239 g/mol. The van der Waals surface area contributed by atoms with E-state index in [1.54, 1.807) is 19.1 Å². The van der Waals surface area contributed by atoms with Crippen LogP contribution in [0.4, 0.5) is 4.39 Å². The minimum absolute atomic E-state index is 0.0219. The first-order valence-electron chi connectivity index (χ1n) is 5.41. The van der Waals surface area contributed by atoms with Crippen LogP contribution in [0.15, 0.2) is 18.2 Å². The Morgan fingerprint density at radius 3 is 2.53 bits per heavy atom. The van der Waals surface area contributed by atoms with Gasteiger partial charge in [-0.3, -0.25) is 4.79 Å². The highest BCUT2D eigenvalue weighted by molar-refractivity contribution is 5.95. The topological polar surface area (TPSA) is 60.8 Å². The van der Waals surface area contributed by atoms with Crippen LogP contribution < -0.4 is 0 Å². The van der Waals surface area contributed by atoms with Gasteiger partial charge in [-0.05, 0) is 18.6 Å². The molecule has 1 fully saturated rings. The number of amides is 1. The Morgan fingerprint density at radius 1 is 1.35 bits per heavy atom. The van der Waals surface area contributed by atoms with Gasteiger partial charge in [0.2, 0.25) is 0 Å². The lowest BCUT2D eigenvalue weighted by Crippen LogP contribution is -2.30. The molecule has 1 saturated heterocycles. The van der Waals surface area contributed by atoms with E-state index in [0.717, 1.165) is 0 Å². The van der Waals surface area contributed by atoms with Gasteiger partial charge in [-0.2, -0.15) is 0 Å². The van der Waals surface area contributed by atoms with Crippen molar-refractivity contribution >= 4 is 5.91 Å². The van der Waals surface area contributed by atoms with Gasteiger partial charge in [0, 0.05) is 13.1 Å². The number of β-amino-alcohol motifs (C(OH)–C–C–N with tert-alkyl or cyclic N) is 2. The van der Waals surface area contributed by atoms with E-state index in [4.69, 9.17) is 0 Å². The Bertz CT molecular complexity index is 439. The van der Waals surface area contributed by atoms with Crippen LogP contribution in [0.5, 0.6) is 0 Å². The quantitative estimate of drug-likeness (QED) is 0.741. The molecule has 0 saturated carbocycles. The van der Waals surface area contributed by atoms with Crippen molar-refractivity contribution in [3.8, 4) is 0 Å². The number of aryl methyl sites for hydroxylation is 1. The third-order valence-electron chi connectivity index (χ3n) is 2.97. The molecule has 1 aromatic rings. The number of carbonyl (C=O) groups is 1. The van der Waals surface area contributed by atoms with Crippen molar-refractivity contribution in [3.05, 3.63) is 35.1 Å². The van der Waals surface area contributed by atoms with Gasteiger partial charge in [0.25, 0.3) is 5.91 Å². The average molecular weight is 239 g/mol. The molecular formula is C12H14FNO3. The Balaban J connectivity index is 2.24. The van der Waals surface area contributed by atoms with Crippen molar-refractivity contribution in [2.24, 2.45) is 0 Å². The maximum absolute atomic E-state index is 13.7. The average Bonchev–Trinajstić information content (AvgIpc) is 2.62. The van der Waals surface area contributed by atoms with Crippen LogP contribution in [-0.4, -0.2) is 46.3 Å². The number of rotatable bonds is 1. The molecule has 2 atom stereocenters. The lowest BCUT2D eigenvalue weighted by atomic mass is 10.1. The molecule has 1 aliphatic rings. The number of halogens is 1. The lowest BCUT2D eigenvalue weighted by Gasteiger charge is -2.16. The molecule has 92 valence electrons. The van der Waals surface area contributed by atoms with Crippen molar-refractivity contribution in [2.45, 2.75) is 19.1 Å². The third-order valence-corrected chi connectivity index (χ3v) is 2.97. The largest absolute Gasteiger partial charge is 0.388 e. The summed E-state index contributed by atoms with van der Waals surface area (Å²) >= 11 is 0. The molecule has 2 N–H and O–H groups in total. The second-order valence-electron chi connectivity index (χ2n) is 4.28. The fraction of sp³-hybridized carbons (Fsp3) is 0.417. The molecule has 1 aromatic carbocycles. The van der Waals surface area contributed by atoms with E-state index in [-0.39, 0.29) is 18.7 Å². The fourth-order valence-electron chi connectivity index (χ4n) is 1.92. The van der Waals surface area contributed by atoms with Gasteiger partial charge in [-0.1, -0.05) is 12.1 Å². The number of hydrogen-bond acceptors (Lipinski definition) is 3. The minimum atomic E-state index is -0.952. The van der Waals surface area contributed by atoms with Gasteiger partial charge in [0.1, 0.15) is 5.82 Å². The first-order chi connectivity index (χ1) is 8.00. The number of carbonyl (C=O) groups excluding carboxylic acids is 1. The first-order valence-corrected chi connectivity index (χ1v) is 5.41.